The van der Waals surface area contributed by atoms with E-state index in [9.17, 15) is 0 Å². The molecule has 0 atom stereocenters. The fourth-order valence-electron chi connectivity index (χ4n) is 2.06. The summed E-state index contributed by atoms with van der Waals surface area (Å²) in [6, 6.07) is 14.3. The van der Waals surface area contributed by atoms with E-state index >= 15 is 0 Å². The number of rotatable bonds is 6. The molecule has 20 heavy (non-hydrogen) atoms. The lowest BCUT2D eigenvalue weighted by Gasteiger charge is -2.13. The maximum Gasteiger partial charge on any atom is 0.163 e. The minimum atomic E-state index is 0.623. The highest BCUT2D eigenvalue weighted by molar-refractivity contribution is 5.55. The summed E-state index contributed by atoms with van der Waals surface area (Å²) in [4.78, 5) is 0. The molecular formula is C17H21NO2. The molecule has 0 heterocycles. The zero-order chi connectivity index (χ0) is 14.4. The van der Waals surface area contributed by atoms with Gasteiger partial charge in [-0.15, -0.1) is 0 Å². The predicted octanol–water partition coefficient (Wildman–Crippen LogP) is 4.01. The van der Waals surface area contributed by atoms with E-state index in [1.54, 1.807) is 7.11 Å². The molecule has 0 fully saturated rings. The average Bonchev–Trinajstić information content (AvgIpc) is 2.47. The van der Waals surface area contributed by atoms with Crippen molar-refractivity contribution in [2.45, 2.75) is 20.4 Å². The Kier molecular flexibility index (Phi) is 4.88. The monoisotopic (exact) mass is 271 g/mol. The van der Waals surface area contributed by atoms with Crippen molar-refractivity contribution >= 4 is 5.69 Å². The number of nitrogens with one attached hydrogen (secondary N) is 1. The van der Waals surface area contributed by atoms with Crippen LogP contribution in [0.15, 0.2) is 42.5 Å². The van der Waals surface area contributed by atoms with Gasteiger partial charge in [0, 0.05) is 18.3 Å². The zero-order valence-electron chi connectivity index (χ0n) is 12.3. The number of ether oxygens (including phenoxy) is 2. The van der Waals surface area contributed by atoms with Crippen LogP contribution in [0.5, 0.6) is 11.5 Å². The molecule has 0 radical (unpaired) electrons. The molecule has 0 aliphatic heterocycles. The van der Waals surface area contributed by atoms with Crippen LogP contribution in [0.2, 0.25) is 0 Å². The van der Waals surface area contributed by atoms with Crippen molar-refractivity contribution in [1.29, 1.82) is 0 Å². The number of aryl methyl sites for hydroxylation is 1. The molecule has 3 heteroatoms. The first kappa shape index (κ1) is 14.3. The minimum absolute atomic E-state index is 0.623. The van der Waals surface area contributed by atoms with E-state index in [1.165, 1.54) is 11.1 Å². The summed E-state index contributed by atoms with van der Waals surface area (Å²) in [5.41, 5.74) is 3.61. The fourth-order valence-corrected chi connectivity index (χ4v) is 2.06. The van der Waals surface area contributed by atoms with Gasteiger partial charge in [0.2, 0.25) is 0 Å². The van der Waals surface area contributed by atoms with Crippen LogP contribution in [0.1, 0.15) is 18.1 Å². The summed E-state index contributed by atoms with van der Waals surface area (Å²) < 4.78 is 10.9. The standard InChI is InChI=1S/C17H21NO2/c1-4-20-17-11-15(9-10-16(17)19-3)18-12-14-8-6-5-7-13(14)2/h5-11,18H,4,12H2,1-3H3. The molecule has 0 unspecified atom stereocenters. The summed E-state index contributed by atoms with van der Waals surface area (Å²) in [5, 5.41) is 3.42. The summed E-state index contributed by atoms with van der Waals surface area (Å²) in [5.74, 6) is 1.53. The van der Waals surface area contributed by atoms with Gasteiger partial charge in [0.25, 0.3) is 0 Å². The van der Waals surface area contributed by atoms with Crippen LogP contribution in [0.3, 0.4) is 0 Å². The van der Waals surface area contributed by atoms with Gasteiger partial charge in [-0.3, -0.25) is 0 Å². The van der Waals surface area contributed by atoms with Gasteiger partial charge >= 0.3 is 0 Å². The maximum absolute atomic E-state index is 5.58. The first-order valence-corrected chi connectivity index (χ1v) is 6.83. The van der Waals surface area contributed by atoms with Crippen LogP contribution in [0.4, 0.5) is 5.69 Å². The van der Waals surface area contributed by atoms with Crippen LogP contribution in [0.25, 0.3) is 0 Å². The highest BCUT2D eigenvalue weighted by Gasteiger charge is 2.05. The van der Waals surface area contributed by atoms with Crippen molar-refractivity contribution in [2.24, 2.45) is 0 Å². The molecule has 0 aromatic heterocycles. The van der Waals surface area contributed by atoms with Crippen molar-refractivity contribution in [3.8, 4) is 11.5 Å². The second-order valence-electron chi connectivity index (χ2n) is 4.58. The van der Waals surface area contributed by atoms with Gasteiger partial charge in [0.05, 0.1) is 13.7 Å². The molecule has 0 spiro atoms. The lowest BCUT2D eigenvalue weighted by atomic mass is 10.1. The van der Waals surface area contributed by atoms with Gasteiger partial charge in [0.15, 0.2) is 11.5 Å². The predicted molar refractivity (Wildman–Crippen MR) is 82.7 cm³/mol. The Bertz CT molecular complexity index is 567. The topological polar surface area (TPSA) is 30.5 Å². The molecule has 2 rings (SSSR count). The quantitative estimate of drug-likeness (QED) is 0.861. The third kappa shape index (κ3) is 3.44. The highest BCUT2D eigenvalue weighted by Crippen LogP contribution is 2.30. The van der Waals surface area contributed by atoms with Crippen molar-refractivity contribution in [3.05, 3.63) is 53.6 Å². The Hall–Kier alpha value is -2.16. The molecule has 0 saturated carbocycles. The molecule has 2 aromatic carbocycles. The van der Waals surface area contributed by atoms with Crippen LogP contribution >= 0.6 is 0 Å². The van der Waals surface area contributed by atoms with E-state index in [0.717, 1.165) is 23.7 Å². The van der Waals surface area contributed by atoms with Crippen molar-refractivity contribution < 1.29 is 9.47 Å². The van der Waals surface area contributed by atoms with Crippen molar-refractivity contribution in [1.82, 2.24) is 0 Å². The molecule has 3 nitrogen and oxygen atoms in total. The van der Waals surface area contributed by atoms with Gasteiger partial charge < -0.3 is 14.8 Å². The van der Waals surface area contributed by atoms with Gasteiger partial charge in [-0.05, 0) is 37.1 Å². The number of anilines is 1. The Balaban J connectivity index is 2.10. The molecule has 0 aliphatic carbocycles. The molecule has 0 bridgehead atoms. The van der Waals surface area contributed by atoms with E-state index in [-0.39, 0.29) is 0 Å². The van der Waals surface area contributed by atoms with Crippen LogP contribution in [-0.4, -0.2) is 13.7 Å². The zero-order valence-corrected chi connectivity index (χ0v) is 12.3. The maximum atomic E-state index is 5.58. The van der Waals surface area contributed by atoms with E-state index in [2.05, 4.69) is 36.5 Å². The third-order valence-electron chi connectivity index (χ3n) is 3.21. The van der Waals surface area contributed by atoms with E-state index in [4.69, 9.17) is 9.47 Å². The molecule has 0 saturated heterocycles. The van der Waals surface area contributed by atoms with Gasteiger partial charge in [-0.25, -0.2) is 0 Å². The Labute approximate surface area is 120 Å². The fraction of sp³-hybridized carbons (Fsp3) is 0.294. The minimum Gasteiger partial charge on any atom is -0.493 e. The summed E-state index contributed by atoms with van der Waals surface area (Å²) >= 11 is 0. The third-order valence-corrected chi connectivity index (χ3v) is 3.21. The van der Waals surface area contributed by atoms with E-state index < -0.39 is 0 Å². The number of hydrogen-bond acceptors (Lipinski definition) is 3. The van der Waals surface area contributed by atoms with Crippen molar-refractivity contribution in [2.75, 3.05) is 19.0 Å². The smallest absolute Gasteiger partial charge is 0.163 e. The van der Waals surface area contributed by atoms with Crippen LogP contribution < -0.4 is 14.8 Å². The lowest BCUT2D eigenvalue weighted by Crippen LogP contribution is -2.02. The van der Waals surface area contributed by atoms with E-state index in [0.29, 0.717) is 6.61 Å². The first-order chi connectivity index (χ1) is 9.74. The SMILES string of the molecule is CCOc1cc(NCc2ccccc2C)ccc1OC. The molecular weight excluding hydrogens is 250 g/mol. The highest BCUT2D eigenvalue weighted by atomic mass is 16.5. The summed E-state index contributed by atoms with van der Waals surface area (Å²) in [7, 11) is 1.65. The average molecular weight is 271 g/mol. The van der Waals surface area contributed by atoms with Crippen molar-refractivity contribution in [3.63, 3.8) is 0 Å². The first-order valence-electron chi connectivity index (χ1n) is 6.83. The Morgan fingerprint density at radius 1 is 1.05 bits per heavy atom. The van der Waals surface area contributed by atoms with Gasteiger partial charge in [-0.2, -0.15) is 0 Å². The Morgan fingerprint density at radius 2 is 1.85 bits per heavy atom. The van der Waals surface area contributed by atoms with Crippen LogP contribution in [-0.2, 0) is 6.54 Å². The normalized spacial score (nSPS) is 10.2. The molecule has 106 valence electrons. The summed E-state index contributed by atoms with van der Waals surface area (Å²) in [6.07, 6.45) is 0. The molecule has 0 amide bonds. The number of benzene rings is 2. The largest absolute Gasteiger partial charge is 0.493 e. The molecule has 1 N–H and O–H groups in total. The number of hydrogen-bond donors (Lipinski definition) is 1. The summed E-state index contributed by atoms with van der Waals surface area (Å²) in [6.45, 7) is 5.51. The molecule has 2 aromatic rings. The Morgan fingerprint density at radius 3 is 2.55 bits per heavy atom. The number of methoxy groups -OCH3 is 1. The molecule has 0 aliphatic rings. The second kappa shape index (κ2) is 6.85. The van der Waals surface area contributed by atoms with Gasteiger partial charge in [-0.1, -0.05) is 24.3 Å². The lowest BCUT2D eigenvalue weighted by molar-refractivity contribution is 0.311. The van der Waals surface area contributed by atoms with Gasteiger partial charge in [0.1, 0.15) is 0 Å². The second-order valence-corrected chi connectivity index (χ2v) is 4.58. The van der Waals surface area contributed by atoms with E-state index in [1.807, 2.05) is 25.1 Å². The van der Waals surface area contributed by atoms with Crippen LogP contribution in [0, 0.1) is 6.92 Å².